The second-order valence-electron chi connectivity index (χ2n) is 7.48. The molecule has 0 spiro atoms. The first-order chi connectivity index (χ1) is 15.2. The molecule has 0 saturated heterocycles. The van der Waals surface area contributed by atoms with E-state index >= 15 is 0 Å². The van der Waals surface area contributed by atoms with Crippen LogP contribution in [-0.2, 0) is 12.8 Å². The molecular weight excluding hydrogens is 394 g/mol. The highest BCUT2D eigenvalue weighted by molar-refractivity contribution is 5.63. The molecule has 31 heavy (non-hydrogen) atoms. The smallest absolute Gasteiger partial charge is 0.231 e. The SMILES string of the molecule is CCOc1ccc(Cc2nc(-c3cccc4c3CCC4NCCO)no2)cc1OCC. The van der Waals surface area contributed by atoms with Gasteiger partial charge in [-0.15, -0.1) is 0 Å². The number of nitrogens with one attached hydrogen (secondary N) is 1. The van der Waals surface area contributed by atoms with Crippen LogP contribution < -0.4 is 14.8 Å². The van der Waals surface area contributed by atoms with Crippen molar-refractivity contribution in [2.75, 3.05) is 26.4 Å². The number of aromatic nitrogens is 2. The summed E-state index contributed by atoms with van der Waals surface area (Å²) >= 11 is 0. The van der Waals surface area contributed by atoms with Gasteiger partial charge in [-0.25, -0.2) is 0 Å². The summed E-state index contributed by atoms with van der Waals surface area (Å²) < 4.78 is 16.9. The molecule has 4 rings (SSSR count). The van der Waals surface area contributed by atoms with Crippen LogP contribution in [0.2, 0.25) is 0 Å². The minimum absolute atomic E-state index is 0.135. The first-order valence-electron chi connectivity index (χ1n) is 10.9. The maximum atomic E-state index is 9.11. The minimum atomic E-state index is 0.135. The van der Waals surface area contributed by atoms with E-state index < -0.39 is 0 Å². The minimum Gasteiger partial charge on any atom is -0.490 e. The maximum Gasteiger partial charge on any atom is 0.231 e. The summed E-state index contributed by atoms with van der Waals surface area (Å²) in [6.07, 6.45) is 2.48. The number of hydrogen-bond acceptors (Lipinski definition) is 7. The molecule has 1 aromatic heterocycles. The fourth-order valence-electron chi connectivity index (χ4n) is 4.13. The number of fused-ring (bicyclic) bond motifs is 1. The number of hydrogen-bond donors (Lipinski definition) is 2. The monoisotopic (exact) mass is 423 g/mol. The lowest BCUT2D eigenvalue weighted by molar-refractivity contribution is 0.284. The highest BCUT2D eigenvalue weighted by Gasteiger charge is 2.26. The van der Waals surface area contributed by atoms with E-state index in [1.807, 2.05) is 44.2 Å². The van der Waals surface area contributed by atoms with Gasteiger partial charge in [0.25, 0.3) is 0 Å². The van der Waals surface area contributed by atoms with E-state index in [0.717, 1.165) is 35.5 Å². The van der Waals surface area contributed by atoms with Gasteiger partial charge in [0.05, 0.1) is 26.2 Å². The van der Waals surface area contributed by atoms with Crippen molar-refractivity contribution in [2.24, 2.45) is 0 Å². The molecule has 3 aromatic rings. The van der Waals surface area contributed by atoms with Crippen LogP contribution >= 0.6 is 0 Å². The Labute approximate surface area is 182 Å². The van der Waals surface area contributed by atoms with E-state index in [0.29, 0.717) is 37.9 Å². The van der Waals surface area contributed by atoms with E-state index in [1.165, 1.54) is 11.1 Å². The number of rotatable bonds is 10. The molecule has 0 radical (unpaired) electrons. The molecule has 1 aliphatic carbocycles. The standard InChI is InChI=1S/C24H29N3O4/c1-3-29-21-11-8-16(14-22(21)30-4-2)15-23-26-24(27-31-23)19-7-5-6-18-17(19)9-10-20(18)25-12-13-28/h5-8,11,14,20,25,28H,3-4,9-10,12-13,15H2,1-2H3. The molecule has 2 N–H and O–H groups in total. The highest BCUT2D eigenvalue weighted by Crippen LogP contribution is 2.37. The summed E-state index contributed by atoms with van der Waals surface area (Å²) in [6, 6.07) is 12.4. The highest BCUT2D eigenvalue weighted by atomic mass is 16.5. The summed E-state index contributed by atoms with van der Waals surface area (Å²) in [5.41, 5.74) is 4.55. The molecule has 1 atom stereocenters. The zero-order valence-corrected chi connectivity index (χ0v) is 18.1. The largest absolute Gasteiger partial charge is 0.490 e. The van der Waals surface area contributed by atoms with Crippen molar-refractivity contribution in [3.8, 4) is 22.9 Å². The van der Waals surface area contributed by atoms with Gasteiger partial charge in [0, 0.05) is 18.2 Å². The average Bonchev–Trinajstić information content (AvgIpc) is 3.41. The fourth-order valence-corrected chi connectivity index (χ4v) is 4.13. The second kappa shape index (κ2) is 9.94. The molecule has 0 aliphatic heterocycles. The third kappa shape index (κ3) is 4.73. The zero-order valence-electron chi connectivity index (χ0n) is 18.1. The molecule has 7 nitrogen and oxygen atoms in total. The molecule has 1 aliphatic rings. The van der Waals surface area contributed by atoms with E-state index in [4.69, 9.17) is 19.1 Å². The summed E-state index contributed by atoms with van der Waals surface area (Å²) in [5.74, 6) is 2.64. The molecule has 0 fully saturated rings. The number of nitrogens with zero attached hydrogens (tertiary/aromatic N) is 2. The van der Waals surface area contributed by atoms with Gasteiger partial charge >= 0.3 is 0 Å². The lowest BCUT2D eigenvalue weighted by Crippen LogP contribution is -2.22. The second-order valence-corrected chi connectivity index (χ2v) is 7.48. The third-order valence-electron chi connectivity index (χ3n) is 5.45. The lowest BCUT2D eigenvalue weighted by Gasteiger charge is -2.13. The first-order valence-corrected chi connectivity index (χ1v) is 10.9. The van der Waals surface area contributed by atoms with Gasteiger partial charge in [-0.05, 0) is 55.5 Å². The Morgan fingerprint density at radius 1 is 1.13 bits per heavy atom. The van der Waals surface area contributed by atoms with Crippen molar-refractivity contribution in [3.63, 3.8) is 0 Å². The first kappa shape index (κ1) is 21.3. The van der Waals surface area contributed by atoms with Crippen molar-refractivity contribution in [3.05, 3.63) is 59.0 Å². The van der Waals surface area contributed by atoms with Crippen molar-refractivity contribution >= 4 is 0 Å². The van der Waals surface area contributed by atoms with E-state index in [9.17, 15) is 0 Å². The molecule has 1 unspecified atom stereocenters. The fraction of sp³-hybridized carbons (Fsp3) is 0.417. The Hall–Kier alpha value is -2.90. The van der Waals surface area contributed by atoms with Crippen LogP contribution in [0, 0.1) is 0 Å². The molecule has 0 amide bonds. The topological polar surface area (TPSA) is 89.6 Å². The molecule has 7 heteroatoms. The Balaban J connectivity index is 1.53. The Morgan fingerprint density at radius 3 is 2.77 bits per heavy atom. The summed E-state index contributed by atoms with van der Waals surface area (Å²) in [4.78, 5) is 4.66. The van der Waals surface area contributed by atoms with Gasteiger partial charge in [0.1, 0.15) is 0 Å². The van der Waals surface area contributed by atoms with Crippen LogP contribution in [0.15, 0.2) is 40.9 Å². The Bertz CT molecular complexity index is 1020. The third-order valence-corrected chi connectivity index (χ3v) is 5.45. The molecular formula is C24H29N3O4. The van der Waals surface area contributed by atoms with Crippen LogP contribution in [0.25, 0.3) is 11.4 Å². The number of benzene rings is 2. The van der Waals surface area contributed by atoms with Gasteiger partial charge in [0.15, 0.2) is 11.5 Å². The van der Waals surface area contributed by atoms with Gasteiger partial charge in [-0.2, -0.15) is 4.98 Å². The summed E-state index contributed by atoms with van der Waals surface area (Å²) in [5, 5.41) is 16.8. The molecule has 164 valence electrons. The predicted molar refractivity (Wildman–Crippen MR) is 117 cm³/mol. The normalized spacial score (nSPS) is 15.1. The van der Waals surface area contributed by atoms with Gasteiger partial charge in [-0.3, -0.25) is 0 Å². The predicted octanol–water partition coefficient (Wildman–Crippen LogP) is 3.69. The number of aliphatic hydroxyl groups excluding tert-OH is 1. The van der Waals surface area contributed by atoms with Crippen LogP contribution in [-0.4, -0.2) is 41.6 Å². The van der Waals surface area contributed by atoms with E-state index in [2.05, 4.69) is 21.5 Å². The maximum absolute atomic E-state index is 9.11. The van der Waals surface area contributed by atoms with Crippen molar-refractivity contribution < 1.29 is 19.1 Å². The number of ether oxygens (including phenoxy) is 2. The van der Waals surface area contributed by atoms with Crippen molar-refractivity contribution in [1.82, 2.24) is 15.5 Å². The van der Waals surface area contributed by atoms with Crippen molar-refractivity contribution in [2.45, 2.75) is 39.2 Å². The lowest BCUT2D eigenvalue weighted by atomic mass is 10.0. The van der Waals surface area contributed by atoms with Gasteiger partial charge < -0.3 is 24.4 Å². The quantitative estimate of drug-likeness (QED) is 0.514. The molecule has 1 heterocycles. The molecule has 0 bridgehead atoms. The molecule has 0 saturated carbocycles. The van der Waals surface area contributed by atoms with Gasteiger partial charge in [-0.1, -0.05) is 29.4 Å². The number of aliphatic hydroxyl groups is 1. The van der Waals surface area contributed by atoms with E-state index in [-0.39, 0.29) is 12.6 Å². The summed E-state index contributed by atoms with van der Waals surface area (Å²) in [7, 11) is 0. The van der Waals surface area contributed by atoms with Crippen LogP contribution in [0.5, 0.6) is 11.5 Å². The van der Waals surface area contributed by atoms with Crippen LogP contribution in [0.3, 0.4) is 0 Å². The molecule has 2 aromatic carbocycles. The average molecular weight is 424 g/mol. The van der Waals surface area contributed by atoms with Crippen molar-refractivity contribution in [1.29, 1.82) is 0 Å². The Morgan fingerprint density at radius 2 is 1.97 bits per heavy atom. The zero-order chi connectivity index (χ0) is 21.6. The van der Waals surface area contributed by atoms with Gasteiger partial charge in [0.2, 0.25) is 11.7 Å². The van der Waals surface area contributed by atoms with Crippen LogP contribution in [0.4, 0.5) is 0 Å². The Kier molecular flexibility index (Phi) is 6.84. The summed E-state index contributed by atoms with van der Waals surface area (Å²) in [6.45, 7) is 5.79. The van der Waals surface area contributed by atoms with Crippen LogP contribution in [0.1, 0.15) is 48.9 Å². The van der Waals surface area contributed by atoms with E-state index in [1.54, 1.807) is 0 Å².